The highest BCUT2D eigenvalue weighted by molar-refractivity contribution is 7.90. The molecule has 1 aromatic carbocycles. The van der Waals surface area contributed by atoms with Gasteiger partial charge in [-0.3, -0.25) is 0 Å². The van der Waals surface area contributed by atoms with Crippen molar-refractivity contribution in [3.05, 3.63) is 29.3 Å². The minimum absolute atomic E-state index is 0.346. The van der Waals surface area contributed by atoms with Crippen LogP contribution in [0.3, 0.4) is 0 Å². The molecule has 0 atom stereocenters. The topological polar surface area (TPSA) is 34.1 Å². The molecule has 3 heteroatoms. The second kappa shape index (κ2) is 4.58. The van der Waals surface area contributed by atoms with Gasteiger partial charge in [-0.2, -0.15) is 0 Å². The van der Waals surface area contributed by atoms with Crippen LogP contribution >= 0.6 is 0 Å². The maximum atomic E-state index is 11.5. The van der Waals surface area contributed by atoms with E-state index >= 15 is 0 Å². The van der Waals surface area contributed by atoms with Crippen molar-refractivity contribution in [1.29, 1.82) is 0 Å². The molecule has 0 heterocycles. The first-order valence-electron chi connectivity index (χ1n) is 5.57. The second-order valence-corrected chi connectivity index (χ2v) is 6.89. The number of benzene rings is 1. The zero-order valence-electron chi connectivity index (χ0n) is 10.6. The third-order valence-electron chi connectivity index (χ3n) is 2.73. The molecule has 0 unspecified atom stereocenters. The van der Waals surface area contributed by atoms with Crippen LogP contribution < -0.4 is 0 Å². The summed E-state index contributed by atoms with van der Waals surface area (Å²) in [6, 6.07) is 5.46. The van der Waals surface area contributed by atoms with Crippen molar-refractivity contribution in [3.63, 3.8) is 0 Å². The van der Waals surface area contributed by atoms with Crippen molar-refractivity contribution in [1.82, 2.24) is 0 Å². The minimum Gasteiger partial charge on any atom is -0.224 e. The van der Waals surface area contributed by atoms with Gasteiger partial charge in [0.15, 0.2) is 9.84 Å². The predicted octanol–water partition coefficient (Wildman–Crippen LogP) is 3.34. The Kier molecular flexibility index (Phi) is 3.79. The third-order valence-corrected chi connectivity index (χ3v) is 3.84. The summed E-state index contributed by atoms with van der Waals surface area (Å²) in [7, 11) is -3.10. The van der Waals surface area contributed by atoms with Crippen LogP contribution in [0.15, 0.2) is 23.1 Å². The van der Waals surface area contributed by atoms with Gasteiger partial charge in [0.25, 0.3) is 0 Å². The standard InChI is InChI=1S/C13H20O2S/c1-9(2)12-7-6-11(16(5,14)15)8-13(12)10(3)4/h6-10H,1-5H3. The highest BCUT2D eigenvalue weighted by Gasteiger charge is 2.14. The molecule has 0 saturated heterocycles. The summed E-state index contributed by atoms with van der Waals surface area (Å²) in [5.74, 6) is 0.769. The van der Waals surface area contributed by atoms with Crippen molar-refractivity contribution in [2.75, 3.05) is 6.26 Å². The molecule has 0 aromatic heterocycles. The lowest BCUT2D eigenvalue weighted by atomic mass is 9.91. The van der Waals surface area contributed by atoms with Gasteiger partial charge in [-0.05, 0) is 35.1 Å². The molecule has 0 spiro atoms. The molecule has 0 fully saturated rings. The van der Waals surface area contributed by atoms with Gasteiger partial charge in [0.2, 0.25) is 0 Å². The van der Waals surface area contributed by atoms with Crippen LogP contribution in [0.2, 0.25) is 0 Å². The van der Waals surface area contributed by atoms with E-state index < -0.39 is 9.84 Å². The zero-order valence-corrected chi connectivity index (χ0v) is 11.4. The molecule has 0 radical (unpaired) electrons. The Bertz CT molecular complexity index is 471. The Labute approximate surface area is 98.6 Å². The quantitative estimate of drug-likeness (QED) is 0.812. The van der Waals surface area contributed by atoms with Crippen molar-refractivity contribution in [3.8, 4) is 0 Å². The van der Waals surface area contributed by atoms with E-state index in [1.54, 1.807) is 6.07 Å². The van der Waals surface area contributed by atoms with Crippen LogP contribution in [0.5, 0.6) is 0 Å². The fraction of sp³-hybridized carbons (Fsp3) is 0.538. The van der Waals surface area contributed by atoms with Crippen LogP contribution in [-0.2, 0) is 9.84 Å². The molecule has 0 N–H and O–H groups in total. The van der Waals surface area contributed by atoms with E-state index in [0.717, 1.165) is 5.56 Å². The summed E-state index contributed by atoms with van der Waals surface area (Å²) in [6.45, 7) is 8.43. The molecule has 2 nitrogen and oxygen atoms in total. The van der Waals surface area contributed by atoms with Crippen LogP contribution in [-0.4, -0.2) is 14.7 Å². The highest BCUT2D eigenvalue weighted by atomic mass is 32.2. The number of sulfone groups is 1. The van der Waals surface area contributed by atoms with E-state index in [1.165, 1.54) is 11.8 Å². The summed E-state index contributed by atoms with van der Waals surface area (Å²) in [4.78, 5) is 0.417. The van der Waals surface area contributed by atoms with Crippen molar-refractivity contribution >= 4 is 9.84 Å². The summed E-state index contributed by atoms with van der Waals surface area (Å²) in [5.41, 5.74) is 2.38. The smallest absolute Gasteiger partial charge is 0.175 e. The van der Waals surface area contributed by atoms with Gasteiger partial charge in [-0.25, -0.2) is 8.42 Å². The van der Waals surface area contributed by atoms with Gasteiger partial charge in [-0.15, -0.1) is 0 Å². The SMILES string of the molecule is CC(C)c1ccc(S(C)(=O)=O)cc1C(C)C. The molecular weight excluding hydrogens is 220 g/mol. The van der Waals surface area contributed by atoms with Crippen molar-refractivity contribution < 1.29 is 8.42 Å². The van der Waals surface area contributed by atoms with Gasteiger partial charge < -0.3 is 0 Å². The molecule has 16 heavy (non-hydrogen) atoms. The Morgan fingerprint density at radius 3 is 1.81 bits per heavy atom. The van der Waals surface area contributed by atoms with Crippen LogP contribution in [0.4, 0.5) is 0 Å². The van der Waals surface area contributed by atoms with Crippen molar-refractivity contribution in [2.24, 2.45) is 0 Å². The largest absolute Gasteiger partial charge is 0.224 e. The van der Waals surface area contributed by atoms with Gasteiger partial charge >= 0.3 is 0 Å². The van der Waals surface area contributed by atoms with Crippen LogP contribution in [0.25, 0.3) is 0 Å². The number of rotatable bonds is 3. The molecule has 0 aliphatic heterocycles. The molecular formula is C13H20O2S. The van der Waals surface area contributed by atoms with Crippen LogP contribution in [0.1, 0.15) is 50.7 Å². The van der Waals surface area contributed by atoms with Crippen molar-refractivity contribution in [2.45, 2.75) is 44.4 Å². The average molecular weight is 240 g/mol. The van der Waals surface area contributed by atoms with E-state index in [1.807, 2.05) is 12.1 Å². The molecule has 1 rings (SSSR count). The molecule has 0 bridgehead atoms. The van der Waals surface area contributed by atoms with Gasteiger partial charge in [0.1, 0.15) is 0 Å². The van der Waals surface area contributed by atoms with Gasteiger partial charge in [0, 0.05) is 6.26 Å². The summed E-state index contributed by atoms with van der Waals surface area (Å²) < 4.78 is 23.0. The maximum absolute atomic E-state index is 11.5. The monoisotopic (exact) mass is 240 g/mol. The lowest BCUT2D eigenvalue weighted by Crippen LogP contribution is -2.03. The summed E-state index contributed by atoms with van der Waals surface area (Å²) in [5, 5.41) is 0. The fourth-order valence-electron chi connectivity index (χ4n) is 1.81. The Hall–Kier alpha value is -0.830. The predicted molar refractivity (Wildman–Crippen MR) is 67.7 cm³/mol. The lowest BCUT2D eigenvalue weighted by Gasteiger charge is -2.16. The third kappa shape index (κ3) is 2.85. The summed E-state index contributed by atoms with van der Waals surface area (Å²) in [6.07, 6.45) is 1.25. The minimum atomic E-state index is -3.10. The fourth-order valence-corrected chi connectivity index (χ4v) is 2.47. The maximum Gasteiger partial charge on any atom is 0.175 e. The second-order valence-electron chi connectivity index (χ2n) is 4.87. The Balaban J connectivity index is 3.40. The lowest BCUT2D eigenvalue weighted by molar-refractivity contribution is 0.601. The molecule has 0 amide bonds. The zero-order chi connectivity index (χ0) is 12.5. The van der Waals surface area contributed by atoms with Gasteiger partial charge in [0.05, 0.1) is 4.90 Å². The first-order chi connectivity index (χ1) is 7.23. The Morgan fingerprint density at radius 1 is 0.938 bits per heavy atom. The highest BCUT2D eigenvalue weighted by Crippen LogP contribution is 2.28. The van der Waals surface area contributed by atoms with Gasteiger partial charge in [-0.1, -0.05) is 33.8 Å². The average Bonchev–Trinajstić information content (AvgIpc) is 2.15. The van der Waals surface area contributed by atoms with E-state index in [9.17, 15) is 8.42 Å². The molecule has 90 valence electrons. The van der Waals surface area contributed by atoms with E-state index in [2.05, 4.69) is 27.7 Å². The number of hydrogen-bond donors (Lipinski definition) is 0. The molecule has 1 aromatic rings. The normalized spacial score (nSPS) is 12.4. The first kappa shape index (κ1) is 13.2. The number of hydrogen-bond acceptors (Lipinski definition) is 2. The molecule has 0 saturated carbocycles. The molecule has 0 aliphatic rings. The molecule has 0 aliphatic carbocycles. The summed E-state index contributed by atoms with van der Waals surface area (Å²) >= 11 is 0. The Morgan fingerprint density at radius 2 is 1.44 bits per heavy atom. The van der Waals surface area contributed by atoms with E-state index in [4.69, 9.17) is 0 Å². The van der Waals surface area contributed by atoms with E-state index in [0.29, 0.717) is 16.7 Å². The van der Waals surface area contributed by atoms with E-state index in [-0.39, 0.29) is 0 Å². The first-order valence-corrected chi connectivity index (χ1v) is 7.46. The van der Waals surface area contributed by atoms with Crippen LogP contribution in [0, 0.1) is 0 Å².